The van der Waals surface area contributed by atoms with E-state index in [0.29, 0.717) is 0 Å². The summed E-state index contributed by atoms with van der Waals surface area (Å²) in [7, 11) is 0. The molecule has 0 N–H and O–H groups in total. The van der Waals surface area contributed by atoms with Gasteiger partial charge in [0.15, 0.2) is 0 Å². The van der Waals surface area contributed by atoms with E-state index >= 15 is 0 Å². The Kier molecular flexibility index (Phi) is 7.00. The summed E-state index contributed by atoms with van der Waals surface area (Å²) in [6, 6.07) is 0. The van der Waals surface area contributed by atoms with Crippen molar-refractivity contribution in [2.45, 2.75) is 37.1 Å². The molecule has 1 fully saturated rings. The Morgan fingerprint density at radius 1 is 1.11 bits per heavy atom. The van der Waals surface area contributed by atoms with Crippen LogP contribution >= 0.6 is 0 Å². The molecule has 0 nitrogen and oxygen atoms in total. The van der Waals surface area contributed by atoms with Crippen molar-refractivity contribution in [1.29, 1.82) is 0 Å². The van der Waals surface area contributed by atoms with E-state index in [1.54, 1.807) is 17.9 Å². The average molecular weight is 289 g/mol. The Balaban J connectivity index is 0.000000640. The molecule has 0 amide bonds. The van der Waals surface area contributed by atoms with E-state index in [1.807, 2.05) is 0 Å². The van der Waals surface area contributed by atoms with Gasteiger partial charge < -0.3 is 24.0 Å². The van der Waals surface area contributed by atoms with E-state index in [4.69, 9.17) is 0 Å². The second-order valence-electron chi connectivity index (χ2n) is 2.79. The van der Waals surface area contributed by atoms with Gasteiger partial charge in [-0.3, -0.25) is 0 Å². The molecule has 50 valence electrons. The molecule has 0 unspecified atom stereocenters. The van der Waals surface area contributed by atoms with Gasteiger partial charge in [0.05, 0.1) is 0 Å². The molecule has 0 spiro atoms. The van der Waals surface area contributed by atoms with Gasteiger partial charge >= 0.3 is 61.3 Å². The molecule has 0 aromatic heterocycles. The molecule has 2 heteroatoms. The summed E-state index contributed by atoms with van der Waals surface area (Å²) < 4.78 is 0. The van der Waals surface area contributed by atoms with Crippen molar-refractivity contribution in [1.82, 2.24) is 0 Å². The molecule has 9 heavy (non-hydrogen) atoms. The Bertz CT molecular complexity index is 59.9. The fraction of sp³-hybridized carbons (Fsp3) is 1.00. The monoisotopic (exact) mass is 288 g/mol. The van der Waals surface area contributed by atoms with Crippen LogP contribution < -0.4 is 24.0 Å². The van der Waals surface area contributed by atoms with Crippen LogP contribution in [0.25, 0.3) is 0 Å². The zero-order valence-electron chi connectivity index (χ0n) is 5.91. The van der Waals surface area contributed by atoms with Gasteiger partial charge in [0.25, 0.3) is 0 Å². The molecule has 0 saturated heterocycles. The van der Waals surface area contributed by atoms with E-state index in [1.165, 1.54) is 37.6 Å². The van der Waals surface area contributed by atoms with Crippen molar-refractivity contribution >= 4 is 0 Å². The van der Waals surface area contributed by atoms with E-state index in [-0.39, 0.29) is 24.0 Å². The number of halogens is 1. The fourth-order valence-corrected chi connectivity index (χ4v) is 2.69. The van der Waals surface area contributed by atoms with Gasteiger partial charge in [-0.1, -0.05) is 0 Å². The fourth-order valence-electron chi connectivity index (χ4n) is 1.48. The maximum absolute atomic E-state index is 1.54. The molecule has 0 aromatic rings. The molecule has 0 aliphatic heterocycles. The Hall–Kier alpha value is 1.35. The van der Waals surface area contributed by atoms with E-state index in [0.717, 1.165) is 5.92 Å². The van der Waals surface area contributed by atoms with Crippen LogP contribution in [0.15, 0.2) is 0 Å². The van der Waals surface area contributed by atoms with Gasteiger partial charge in [-0.05, 0) is 0 Å². The third kappa shape index (κ3) is 3.92. The normalized spacial score (nSPS) is 21.1. The molecular weight excluding hydrogens is 276 g/mol. The maximum atomic E-state index is 1.54. The van der Waals surface area contributed by atoms with Gasteiger partial charge in [-0.25, -0.2) is 0 Å². The number of hydrogen-bond acceptors (Lipinski definition) is 0. The van der Waals surface area contributed by atoms with Gasteiger partial charge in [0.2, 0.25) is 0 Å². The van der Waals surface area contributed by atoms with E-state index in [2.05, 4.69) is 0 Å². The zero-order valence-corrected chi connectivity index (χ0v) is 11.0. The molecule has 0 bridgehead atoms. The van der Waals surface area contributed by atoms with Crippen LogP contribution in [0.5, 0.6) is 0 Å². The molecule has 1 rings (SSSR count). The Morgan fingerprint density at radius 2 is 1.67 bits per heavy atom. The molecular formula is C7H13IZn. The first kappa shape index (κ1) is 10.4. The van der Waals surface area contributed by atoms with Crippen LogP contribution in [0.2, 0.25) is 5.02 Å². The number of rotatable bonds is 1. The molecule has 0 aromatic carbocycles. The van der Waals surface area contributed by atoms with Crippen LogP contribution in [0, 0.1) is 5.92 Å². The van der Waals surface area contributed by atoms with Crippen LogP contribution in [0.1, 0.15) is 32.1 Å². The topological polar surface area (TPSA) is 0 Å². The third-order valence-corrected chi connectivity index (χ3v) is 3.85. The van der Waals surface area contributed by atoms with Crippen LogP contribution in [-0.4, -0.2) is 0 Å². The summed E-state index contributed by atoms with van der Waals surface area (Å²) in [6.07, 6.45) is 7.63. The first-order valence-electron chi connectivity index (χ1n) is 3.72. The standard InChI is InChI=1S/C7H13.HI.Zn/c1-7-5-3-2-4-6-7;;/h7H,1-6H2;1H;/q;;+1/p-1. The molecule has 0 radical (unpaired) electrons. The van der Waals surface area contributed by atoms with Gasteiger partial charge in [-0.15, -0.1) is 0 Å². The minimum atomic E-state index is 0. The van der Waals surface area contributed by atoms with E-state index < -0.39 is 0 Å². The van der Waals surface area contributed by atoms with Crippen molar-refractivity contribution in [3.05, 3.63) is 0 Å². The molecule has 1 saturated carbocycles. The summed E-state index contributed by atoms with van der Waals surface area (Å²) in [5, 5.41) is 1.54. The molecule has 1 aliphatic carbocycles. The second-order valence-corrected chi connectivity index (χ2v) is 4.00. The quantitative estimate of drug-likeness (QED) is 0.452. The first-order chi connectivity index (χ1) is 3.93. The SMILES string of the molecule is [I-].[Zn+][CH2]C1CCCCC1. The predicted molar refractivity (Wildman–Crippen MR) is 31.4 cm³/mol. The van der Waals surface area contributed by atoms with Crippen LogP contribution in [-0.2, 0) is 18.3 Å². The van der Waals surface area contributed by atoms with Crippen LogP contribution in [0.3, 0.4) is 0 Å². The summed E-state index contributed by atoms with van der Waals surface area (Å²) in [4.78, 5) is 0. The summed E-state index contributed by atoms with van der Waals surface area (Å²) in [5.74, 6) is 1.14. The third-order valence-electron chi connectivity index (χ3n) is 2.13. The predicted octanol–water partition coefficient (Wildman–Crippen LogP) is -0.464. The summed E-state index contributed by atoms with van der Waals surface area (Å²) in [5.41, 5.74) is 0. The molecule has 0 heterocycles. The van der Waals surface area contributed by atoms with Gasteiger partial charge in [-0.2, -0.15) is 0 Å². The average Bonchev–Trinajstić information content (AvgIpc) is 1.90. The first-order valence-corrected chi connectivity index (χ1v) is 5.82. The van der Waals surface area contributed by atoms with Crippen LogP contribution in [0.4, 0.5) is 0 Å². The van der Waals surface area contributed by atoms with E-state index in [9.17, 15) is 0 Å². The Morgan fingerprint density at radius 3 is 2.00 bits per heavy atom. The summed E-state index contributed by atoms with van der Waals surface area (Å²) >= 11 is 1.52. The molecule has 0 atom stereocenters. The number of hydrogen-bond donors (Lipinski definition) is 0. The van der Waals surface area contributed by atoms with Gasteiger partial charge in [0, 0.05) is 0 Å². The molecule has 1 aliphatic rings. The van der Waals surface area contributed by atoms with Crippen molar-refractivity contribution in [3.63, 3.8) is 0 Å². The second kappa shape index (κ2) is 6.09. The zero-order chi connectivity index (χ0) is 5.82. The van der Waals surface area contributed by atoms with Crippen molar-refractivity contribution in [2.75, 3.05) is 0 Å². The summed E-state index contributed by atoms with van der Waals surface area (Å²) in [6.45, 7) is 0. The van der Waals surface area contributed by atoms with Gasteiger partial charge in [0.1, 0.15) is 0 Å². The Labute approximate surface area is 84.9 Å². The van der Waals surface area contributed by atoms with Crippen molar-refractivity contribution in [3.8, 4) is 0 Å². The minimum absolute atomic E-state index is 0. The van der Waals surface area contributed by atoms with Crippen molar-refractivity contribution < 1.29 is 42.3 Å². The van der Waals surface area contributed by atoms with Crippen molar-refractivity contribution in [2.24, 2.45) is 5.92 Å².